The highest BCUT2D eigenvalue weighted by Crippen LogP contribution is 2.25. The van der Waals surface area contributed by atoms with E-state index in [2.05, 4.69) is 28.5 Å². The number of nitrogens with one attached hydrogen (secondary N) is 1. The maximum absolute atomic E-state index is 5.58. The van der Waals surface area contributed by atoms with Gasteiger partial charge in [0.2, 0.25) is 0 Å². The minimum atomic E-state index is 0.688. The van der Waals surface area contributed by atoms with Crippen LogP contribution < -0.4 is 16.0 Å². The second-order valence-electron chi connectivity index (χ2n) is 4.27. The SMILES string of the molecule is CN(CNN)Cc1ccc2c(c1)CCCO2. The lowest BCUT2D eigenvalue weighted by molar-refractivity contribution is 0.286. The van der Waals surface area contributed by atoms with E-state index in [0.29, 0.717) is 6.67 Å². The molecule has 0 unspecified atom stereocenters. The second-order valence-corrected chi connectivity index (χ2v) is 4.27. The fourth-order valence-corrected chi connectivity index (χ4v) is 2.04. The standard InChI is InChI=1S/C12H19N3O/c1-15(9-14-13)8-10-4-5-12-11(7-10)3-2-6-16-12/h4-5,7,14H,2-3,6,8-9,13H2,1H3. The Hall–Kier alpha value is -1.10. The predicted octanol–water partition coefficient (Wildman–Crippen LogP) is 0.864. The number of nitrogens with two attached hydrogens (primary N) is 1. The molecule has 0 fully saturated rings. The molecule has 0 radical (unpaired) electrons. The van der Waals surface area contributed by atoms with Crippen LogP contribution in [0.25, 0.3) is 0 Å². The van der Waals surface area contributed by atoms with E-state index in [1.807, 2.05) is 7.05 Å². The Morgan fingerprint density at radius 3 is 3.19 bits per heavy atom. The van der Waals surface area contributed by atoms with Crippen molar-refractivity contribution in [2.24, 2.45) is 5.84 Å². The third kappa shape index (κ3) is 2.72. The normalized spacial score (nSPS) is 14.7. The lowest BCUT2D eigenvalue weighted by Crippen LogP contribution is -2.35. The molecule has 4 heteroatoms. The summed E-state index contributed by atoms with van der Waals surface area (Å²) in [6.07, 6.45) is 2.25. The van der Waals surface area contributed by atoms with Gasteiger partial charge in [-0.2, -0.15) is 0 Å². The van der Waals surface area contributed by atoms with Gasteiger partial charge in [-0.1, -0.05) is 12.1 Å². The van der Waals surface area contributed by atoms with Crippen molar-refractivity contribution in [3.63, 3.8) is 0 Å². The molecule has 0 amide bonds. The van der Waals surface area contributed by atoms with Gasteiger partial charge in [-0.3, -0.25) is 10.7 Å². The molecule has 1 aromatic carbocycles. The van der Waals surface area contributed by atoms with Crippen LogP contribution >= 0.6 is 0 Å². The van der Waals surface area contributed by atoms with Gasteiger partial charge in [0.05, 0.1) is 13.3 Å². The largest absolute Gasteiger partial charge is 0.493 e. The molecule has 0 atom stereocenters. The molecule has 88 valence electrons. The third-order valence-corrected chi connectivity index (χ3v) is 2.79. The van der Waals surface area contributed by atoms with Gasteiger partial charge in [-0.05, 0) is 37.1 Å². The average Bonchev–Trinajstić information content (AvgIpc) is 2.29. The maximum Gasteiger partial charge on any atom is 0.122 e. The van der Waals surface area contributed by atoms with Crippen molar-refractivity contribution in [2.75, 3.05) is 20.3 Å². The van der Waals surface area contributed by atoms with E-state index in [1.54, 1.807) is 0 Å². The highest BCUT2D eigenvalue weighted by Gasteiger charge is 2.10. The number of ether oxygens (including phenoxy) is 1. The first-order chi connectivity index (χ1) is 7.79. The second kappa shape index (κ2) is 5.30. The Balaban J connectivity index is 2.05. The van der Waals surface area contributed by atoms with Gasteiger partial charge < -0.3 is 4.74 Å². The summed E-state index contributed by atoms with van der Waals surface area (Å²) >= 11 is 0. The Morgan fingerprint density at radius 2 is 2.38 bits per heavy atom. The number of hydrazine groups is 1. The first-order valence-electron chi connectivity index (χ1n) is 5.66. The van der Waals surface area contributed by atoms with Crippen LogP contribution in [0.3, 0.4) is 0 Å². The molecule has 1 heterocycles. The number of benzene rings is 1. The molecule has 1 aliphatic heterocycles. The smallest absolute Gasteiger partial charge is 0.122 e. The van der Waals surface area contributed by atoms with E-state index in [0.717, 1.165) is 31.7 Å². The molecule has 0 aliphatic carbocycles. The summed E-state index contributed by atoms with van der Waals surface area (Å²) in [5.41, 5.74) is 5.29. The quantitative estimate of drug-likeness (QED) is 0.450. The fraction of sp³-hybridized carbons (Fsp3) is 0.500. The van der Waals surface area contributed by atoms with E-state index in [9.17, 15) is 0 Å². The maximum atomic E-state index is 5.58. The molecule has 0 saturated carbocycles. The molecular weight excluding hydrogens is 202 g/mol. The van der Waals surface area contributed by atoms with Gasteiger partial charge in [0.25, 0.3) is 0 Å². The van der Waals surface area contributed by atoms with Crippen LogP contribution in [0, 0.1) is 0 Å². The van der Waals surface area contributed by atoms with E-state index < -0.39 is 0 Å². The van der Waals surface area contributed by atoms with Crippen LogP contribution in [0.5, 0.6) is 5.75 Å². The van der Waals surface area contributed by atoms with Crippen molar-refractivity contribution in [2.45, 2.75) is 19.4 Å². The minimum Gasteiger partial charge on any atom is -0.493 e. The van der Waals surface area contributed by atoms with Crippen LogP contribution in [0.1, 0.15) is 17.5 Å². The van der Waals surface area contributed by atoms with Crippen LogP contribution in [-0.2, 0) is 13.0 Å². The topological polar surface area (TPSA) is 50.5 Å². The van der Waals surface area contributed by atoms with Crippen LogP contribution in [0.2, 0.25) is 0 Å². The molecular formula is C12H19N3O. The fourth-order valence-electron chi connectivity index (χ4n) is 2.04. The van der Waals surface area contributed by atoms with Gasteiger partial charge >= 0.3 is 0 Å². The van der Waals surface area contributed by atoms with Crippen molar-refractivity contribution in [3.05, 3.63) is 29.3 Å². The number of nitrogens with zero attached hydrogens (tertiary/aromatic N) is 1. The molecule has 0 saturated heterocycles. The van der Waals surface area contributed by atoms with Crippen LogP contribution in [0.4, 0.5) is 0 Å². The van der Waals surface area contributed by atoms with Crippen LogP contribution in [0.15, 0.2) is 18.2 Å². The van der Waals surface area contributed by atoms with E-state index in [4.69, 9.17) is 10.6 Å². The van der Waals surface area contributed by atoms with Crippen LogP contribution in [-0.4, -0.2) is 25.2 Å². The molecule has 0 spiro atoms. The van der Waals surface area contributed by atoms with E-state index >= 15 is 0 Å². The zero-order valence-electron chi connectivity index (χ0n) is 9.70. The molecule has 16 heavy (non-hydrogen) atoms. The highest BCUT2D eigenvalue weighted by molar-refractivity contribution is 5.38. The Kier molecular flexibility index (Phi) is 3.77. The average molecular weight is 221 g/mol. The highest BCUT2D eigenvalue weighted by atomic mass is 16.5. The number of hydrogen-bond acceptors (Lipinski definition) is 4. The molecule has 4 nitrogen and oxygen atoms in total. The van der Waals surface area contributed by atoms with Crippen molar-refractivity contribution in [1.29, 1.82) is 0 Å². The van der Waals surface area contributed by atoms with Gasteiger partial charge in [-0.25, -0.2) is 5.43 Å². The Bertz CT molecular complexity index is 354. The van der Waals surface area contributed by atoms with E-state index in [1.165, 1.54) is 11.1 Å². The van der Waals surface area contributed by atoms with Crippen molar-refractivity contribution in [3.8, 4) is 5.75 Å². The minimum absolute atomic E-state index is 0.688. The number of aryl methyl sites for hydroxylation is 1. The number of fused-ring (bicyclic) bond motifs is 1. The first kappa shape index (κ1) is 11.4. The third-order valence-electron chi connectivity index (χ3n) is 2.79. The number of rotatable bonds is 4. The summed E-state index contributed by atoms with van der Waals surface area (Å²) < 4.78 is 5.58. The predicted molar refractivity (Wildman–Crippen MR) is 63.9 cm³/mol. The Morgan fingerprint density at radius 1 is 1.50 bits per heavy atom. The summed E-state index contributed by atoms with van der Waals surface area (Å²) in [6.45, 7) is 2.44. The summed E-state index contributed by atoms with van der Waals surface area (Å²) in [4.78, 5) is 2.13. The Labute approximate surface area is 96.3 Å². The molecule has 1 aliphatic rings. The zero-order chi connectivity index (χ0) is 11.4. The summed E-state index contributed by atoms with van der Waals surface area (Å²) in [5.74, 6) is 6.33. The monoisotopic (exact) mass is 221 g/mol. The van der Waals surface area contributed by atoms with E-state index in [-0.39, 0.29) is 0 Å². The lowest BCUT2D eigenvalue weighted by atomic mass is 10.0. The number of hydrogen-bond donors (Lipinski definition) is 2. The van der Waals surface area contributed by atoms with Gasteiger partial charge in [0, 0.05) is 6.54 Å². The molecule has 3 N–H and O–H groups in total. The van der Waals surface area contributed by atoms with Gasteiger partial charge in [-0.15, -0.1) is 0 Å². The summed E-state index contributed by atoms with van der Waals surface area (Å²) in [7, 11) is 2.04. The van der Waals surface area contributed by atoms with Gasteiger partial charge in [0.15, 0.2) is 0 Å². The molecule has 1 aromatic rings. The lowest BCUT2D eigenvalue weighted by Gasteiger charge is -2.20. The molecule has 0 aromatic heterocycles. The molecule has 2 rings (SSSR count). The first-order valence-corrected chi connectivity index (χ1v) is 5.66. The van der Waals surface area contributed by atoms with Gasteiger partial charge in [0.1, 0.15) is 5.75 Å². The van der Waals surface area contributed by atoms with Crippen molar-refractivity contribution >= 4 is 0 Å². The van der Waals surface area contributed by atoms with Crippen molar-refractivity contribution < 1.29 is 4.74 Å². The summed E-state index contributed by atoms with van der Waals surface area (Å²) in [5, 5.41) is 0. The van der Waals surface area contributed by atoms with Crippen molar-refractivity contribution in [1.82, 2.24) is 10.3 Å². The molecule has 0 bridgehead atoms. The zero-order valence-corrected chi connectivity index (χ0v) is 9.70. The summed E-state index contributed by atoms with van der Waals surface area (Å²) in [6, 6.07) is 6.44.